The zero-order chi connectivity index (χ0) is 76.4. The number of unbranched alkanes of at least 4 members (excludes halogenated alkanes) is 12. The Morgan fingerprint density at radius 2 is 0.352 bits per heavy atom. The van der Waals surface area contributed by atoms with Crippen molar-refractivity contribution in [3.8, 4) is 0 Å². The van der Waals surface area contributed by atoms with Gasteiger partial charge in [0.25, 0.3) is 0 Å². The molecule has 21 heteroatoms. The minimum Gasteiger partial charge on any atom is -0.722 e. The zero-order valence-corrected chi connectivity index (χ0v) is 69.3. The minimum absolute atomic E-state index is 0. The standard InChI is InChI=1S/4C21H36O5.Zr/c4*1-4-7-15-23-18-21(26-22,19-13-11-10-12-14-19)20(24-16-8-5-2)25-17-9-6-3;/h4*10-14,20,22H,4-9,15-18H2,1-3H3;/q;;;;+4/p-4. The summed E-state index contributed by atoms with van der Waals surface area (Å²) in [5.41, 5.74) is -2.44. The molecule has 0 radical (unpaired) electrons. The summed E-state index contributed by atoms with van der Waals surface area (Å²) in [6.45, 7) is 32.0. The van der Waals surface area contributed by atoms with E-state index in [0.29, 0.717) is 102 Å². The van der Waals surface area contributed by atoms with E-state index in [4.69, 9.17) is 76.4 Å². The molecule has 0 aliphatic rings. The fourth-order valence-electron chi connectivity index (χ4n) is 10.3. The SMILES string of the molecule is CCCCOCC(O[O-])(c1ccccc1)C(OCCCC)OCCCC.CCCCOCC(O[O-])(c1ccccc1)C(OCCCC)OCCCC.CCCCOCC(O[O-])(c1ccccc1)C(OCCCC)OCCCC.CCCCOCC(O[O-])(c1ccccc1)C(OCCCC)OCCCC.[Zr+4]. The molecule has 105 heavy (non-hydrogen) atoms. The third-order valence-electron chi connectivity index (χ3n) is 17.1. The second kappa shape index (κ2) is 69.0. The predicted octanol–water partition coefficient (Wildman–Crippen LogP) is 15.8. The van der Waals surface area contributed by atoms with E-state index >= 15 is 0 Å². The van der Waals surface area contributed by atoms with Crippen LogP contribution >= 0.6 is 0 Å². The first-order valence-electron chi connectivity index (χ1n) is 39.7. The molecule has 0 aliphatic heterocycles. The molecule has 4 rings (SSSR count). The summed E-state index contributed by atoms with van der Waals surface area (Å²) in [5, 5.41) is 47.9. The van der Waals surface area contributed by atoms with Crippen LogP contribution in [0.1, 0.15) is 259 Å². The van der Waals surface area contributed by atoms with Gasteiger partial charge in [0, 0.05) is 79.3 Å². The number of hydrogen-bond acceptors (Lipinski definition) is 20. The average molecular weight is 1560 g/mol. The summed E-state index contributed by atoms with van der Waals surface area (Å²) < 4.78 is 70.9. The van der Waals surface area contributed by atoms with Gasteiger partial charge in [0.2, 0.25) is 0 Å². The number of hydrogen-bond donors (Lipinski definition) is 0. The van der Waals surface area contributed by atoms with E-state index in [1.165, 1.54) is 0 Å². The van der Waals surface area contributed by atoms with Gasteiger partial charge in [-0.05, 0) is 99.3 Å². The molecule has 0 aromatic heterocycles. The van der Waals surface area contributed by atoms with Crippen molar-refractivity contribution in [1.82, 2.24) is 0 Å². The van der Waals surface area contributed by atoms with E-state index in [-0.39, 0.29) is 52.6 Å². The summed E-state index contributed by atoms with van der Waals surface area (Å²) in [6, 6.07) is 37.5. The summed E-state index contributed by atoms with van der Waals surface area (Å²) in [6.07, 6.45) is 19.8. The van der Waals surface area contributed by atoms with Gasteiger partial charge in [-0.2, -0.15) is 0 Å². The molecule has 4 unspecified atom stereocenters. The largest absolute Gasteiger partial charge is 4.00 e. The summed E-state index contributed by atoms with van der Waals surface area (Å²) in [5.74, 6) is 0. The van der Waals surface area contributed by atoms with Crippen molar-refractivity contribution in [2.75, 3.05) is 106 Å². The van der Waals surface area contributed by atoms with E-state index < -0.39 is 47.6 Å². The fraction of sp³-hybridized carbons (Fsp3) is 0.714. The molecule has 0 fully saturated rings. The predicted molar refractivity (Wildman–Crippen MR) is 402 cm³/mol. The van der Waals surface area contributed by atoms with Gasteiger partial charge in [0.15, 0.2) is 47.6 Å². The topological polar surface area (TPSA) is 240 Å². The van der Waals surface area contributed by atoms with E-state index in [9.17, 15) is 21.0 Å². The van der Waals surface area contributed by atoms with Crippen molar-refractivity contribution in [1.29, 1.82) is 0 Å². The minimum atomic E-state index is -1.32. The molecule has 0 heterocycles. The maximum atomic E-state index is 12.0. The summed E-state index contributed by atoms with van der Waals surface area (Å²) >= 11 is 0. The van der Waals surface area contributed by atoms with Gasteiger partial charge < -0.3 is 97.4 Å². The Morgan fingerprint density at radius 3 is 0.476 bits per heavy atom. The van der Waals surface area contributed by atoms with Crippen molar-refractivity contribution in [2.24, 2.45) is 0 Å². The maximum absolute atomic E-state index is 12.0. The number of rotatable bonds is 64. The first-order chi connectivity index (χ1) is 51.0. The summed E-state index contributed by atoms with van der Waals surface area (Å²) in [4.78, 5) is 19.2. The molecular weight excluding hydrogens is 1420 g/mol. The second-order valence-electron chi connectivity index (χ2n) is 26.1. The first-order valence-corrected chi connectivity index (χ1v) is 39.7. The molecule has 0 bridgehead atoms. The molecule has 600 valence electrons. The van der Waals surface area contributed by atoms with Crippen LogP contribution in [0.5, 0.6) is 0 Å². The van der Waals surface area contributed by atoms with Crippen LogP contribution in [0.2, 0.25) is 0 Å². The molecule has 0 spiro atoms. The van der Waals surface area contributed by atoms with Gasteiger partial charge in [0.05, 0.1) is 26.4 Å². The van der Waals surface area contributed by atoms with Crippen LogP contribution in [-0.4, -0.2) is 131 Å². The molecule has 0 saturated heterocycles. The van der Waals surface area contributed by atoms with E-state index in [1.54, 1.807) is 0 Å². The van der Waals surface area contributed by atoms with E-state index in [0.717, 1.165) is 154 Å². The Morgan fingerprint density at radius 1 is 0.219 bits per heavy atom. The van der Waals surface area contributed by atoms with Crippen LogP contribution in [0.3, 0.4) is 0 Å². The van der Waals surface area contributed by atoms with Gasteiger partial charge in [-0.25, -0.2) is 0 Å². The molecule has 0 saturated carbocycles. The Kier molecular flexibility index (Phi) is 67.0. The second-order valence-corrected chi connectivity index (χ2v) is 26.1. The van der Waals surface area contributed by atoms with Gasteiger partial charge in [-0.3, -0.25) is 0 Å². The average Bonchev–Trinajstić information content (AvgIpc) is 0.820. The van der Waals surface area contributed by atoms with Crippen LogP contribution in [0.4, 0.5) is 0 Å². The van der Waals surface area contributed by atoms with Gasteiger partial charge in [-0.1, -0.05) is 281 Å². The van der Waals surface area contributed by atoms with Crippen molar-refractivity contribution in [3.05, 3.63) is 144 Å². The van der Waals surface area contributed by atoms with Crippen molar-refractivity contribution in [3.63, 3.8) is 0 Å². The third-order valence-corrected chi connectivity index (χ3v) is 17.1. The quantitative estimate of drug-likeness (QED) is 0.0173. The van der Waals surface area contributed by atoms with Crippen LogP contribution in [0.15, 0.2) is 121 Å². The Bertz CT molecular complexity index is 2060. The maximum Gasteiger partial charge on any atom is 4.00 e. The van der Waals surface area contributed by atoms with Crippen LogP contribution in [-0.2, 0) is 125 Å². The molecule has 0 amide bonds. The number of ether oxygens (including phenoxy) is 12. The van der Waals surface area contributed by atoms with E-state index in [1.807, 2.05) is 121 Å². The Labute approximate surface area is 653 Å². The van der Waals surface area contributed by atoms with Gasteiger partial charge in [0.1, 0.15) is 0 Å². The molecule has 4 aromatic carbocycles. The number of benzene rings is 4. The Hall–Kier alpha value is -3.04. The van der Waals surface area contributed by atoms with E-state index in [2.05, 4.69) is 83.1 Å². The van der Waals surface area contributed by atoms with Crippen LogP contribution in [0.25, 0.3) is 0 Å². The summed E-state index contributed by atoms with van der Waals surface area (Å²) in [7, 11) is 0. The van der Waals surface area contributed by atoms with Crippen LogP contribution in [0, 0.1) is 0 Å². The Balaban J connectivity index is 0.00000137. The van der Waals surface area contributed by atoms with Gasteiger partial charge in [-0.15, -0.1) is 0 Å². The molecular formula is C84H140O20Zr. The van der Waals surface area contributed by atoms with Crippen molar-refractivity contribution < 1.29 is 124 Å². The molecule has 0 aliphatic carbocycles. The molecule has 20 nitrogen and oxygen atoms in total. The van der Waals surface area contributed by atoms with Crippen molar-refractivity contribution >= 4 is 0 Å². The molecule has 0 N–H and O–H groups in total. The monoisotopic (exact) mass is 1560 g/mol. The van der Waals surface area contributed by atoms with Gasteiger partial charge >= 0.3 is 26.2 Å². The van der Waals surface area contributed by atoms with Crippen molar-refractivity contribution in [2.45, 2.75) is 285 Å². The normalized spacial score (nSPS) is 13.8. The molecule has 4 aromatic rings. The first kappa shape index (κ1) is 102. The fourth-order valence-corrected chi connectivity index (χ4v) is 10.3. The van der Waals surface area contributed by atoms with Crippen LogP contribution < -0.4 is 21.0 Å². The zero-order valence-electron chi connectivity index (χ0n) is 66.8. The third kappa shape index (κ3) is 40.1. The molecule has 4 atom stereocenters. The smallest absolute Gasteiger partial charge is 0.722 e.